The van der Waals surface area contributed by atoms with Gasteiger partial charge in [-0.25, -0.2) is 4.98 Å². The zero-order chi connectivity index (χ0) is 13.1. The summed E-state index contributed by atoms with van der Waals surface area (Å²) in [7, 11) is 0. The number of aromatic nitrogens is 1. The zero-order valence-corrected chi connectivity index (χ0v) is 12.4. The standard InChI is InChI=1S/C14H19BrN2O/c1-9-3-5-12(7-10(9)2)17-14(18)11-4-6-13(15)16-8-11/h4,6,8-10,12H,3,5,7H2,1-2H3,(H,17,18). The number of amides is 1. The van der Waals surface area contributed by atoms with Crippen molar-refractivity contribution in [1.29, 1.82) is 0 Å². The molecule has 0 aromatic carbocycles. The summed E-state index contributed by atoms with van der Waals surface area (Å²) in [5, 5.41) is 3.11. The number of carbonyl (C=O) groups is 1. The van der Waals surface area contributed by atoms with Gasteiger partial charge in [0.25, 0.3) is 5.91 Å². The quantitative estimate of drug-likeness (QED) is 0.851. The molecular weight excluding hydrogens is 292 g/mol. The van der Waals surface area contributed by atoms with Gasteiger partial charge in [-0.2, -0.15) is 0 Å². The van der Waals surface area contributed by atoms with Crippen molar-refractivity contribution in [2.24, 2.45) is 11.8 Å². The molecule has 4 heteroatoms. The first-order chi connectivity index (χ1) is 8.56. The van der Waals surface area contributed by atoms with E-state index >= 15 is 0 Å². The van der Waals surface area contributed by atoms with Crippen LogP contribution < -0.4 is 5.32 Å². The van der Waals surface area contributed by atoms with Crippen LogP contribution in [0, 0.1) is 11.8 Å². The summed E-state index contributed by atoms with van der Waals surface area (Å²) in [4.78, 5) is 16.1. The first-order valence-electron chi connectivity index (χ1n) is 6.48. The molecule has 1 aromatic rings. The van der Waals surface area contributed by atoms with E-state index in [4.69, 9.17) is 0 Å². The Labute approximate surface area is 117 Å². The highest BCUT2D eigenvalue weighted by Gasteiger charge is 2.25. The largest absolute Gasteiger partial charge is 0.349 e. The van der Waals surface area contributed by atoms with Crippen LogP contribution in [0.1, 0.15) is 43.5 Å². The predicted molar refractivity (Wildman–Crippen MR) is 75.4 cm³/mol. The van der Waals surface area contributed by atoms with Crippen molar-refractivity contribution in [1.82, 2.24) is 10.3 Å². The highest BCUT2D eigenvalue weighted by atomic mass is 79.9. The average Bonchev–Trinajstić information content (AvgIpc) is 2.34. The molecule has 1 aliphatic carbocycles. The van der Waals surface area contributed by atoms with Crippen LogP contribution in [-0.2, 0) is 0 Å². The topological polar surface area (TPSA) is 42.0 Å². The van der Waals surface area contributed by atoms with Crippen LogP contribution >= 0.6 is 15.9 Å². The second-order valence-electron chi connectivity index (χ2n) is 5.31. The second-order valence-corrected chi connectivity index (χ2v) is 6.12. The van der Waals surface area contributed by atoms with Crippen LogP contribution in [-0.4, -0.2) is 16.9 Å². The lowest BCUT2D eigenvalue weighted by atomic mass is 9.79. The van der Waals surface area contributed by atoms with Crippen LogP contribution in [0.4, 0.5) is 0 Å². The maximum Gasteiger partial charge on any atom is 0.253 e. The number of rotatable bonds is 2. The molecule has 1 fully saturated rings. The second kappa shape index (κ2) is 5.83. The van der Waals surface area contributed by atoms with E-state index in [1.54, 1.807) is 18.3 Å². The van der Waals surface area contributed by atoms with Gasteiger partial charge < -0.3 is 5.32 Å². The maximum atomic E-state index is 12.0. The molecule has 1 N–H and O–H groups in total. The molecule has 0 bridgehead atoms. The molecule has 0 saturated heterocycles. The molecule has 1 aliphatic rings. The molecule has 18 heavy (non-hydrogen) atoms. The van der Waals surface area contributed by atoms with E-state index in [0.717, 1.165) is 23.4 Å². The summed E-state index contributed by atoms with van der Waals surface area (Å²) in [6, 6.07) is 3.90. The number of pyridine rings is 1. The Balaban J connectivity index is 1.93. The Bertz CT molecular complexity index is 418. The van der Waals surface area contributed by atoms with E-state index in [-0.39, 0.29) is 5.91 Å². The number of nitrogens with one attached hydrogen (secondary N) is 1. The smallest absolute Gasteiger partial charge is 0.253 e. The molecule has 3 unspecified atom stereocenters. The third-order valence-electron chi connectivity index (χ3n) is 3.92. The minimum absolute atomic E-state index is 0.0123. The van der Waals surface area contributed by atoms with Gasteiger partial charge in [-0.05, 0) is 59.2 Å². The van der Waals surface area contributed by atoms with Crippen LogP contribution in [0.25, 0.3) is 0 Å². The first-order valence-corrected chi connectivity index (χ1v) is 7.28. The lowest BCUT2D eigenvalue weighted by Gasteiger charge is -2.32. The average molecular weight is 311 g/mol. The molecule has 0 spiro atoms. The van der Waals surface area contributed by atoms with Gasteiger partial charge in [0.1, 0.15) is 4.60 Å². The van der Waals surface area contributed by atoms with Crippen molar-refractivity contribution >= 4 is 21.8 Å². The Morgan fingerprint density at radius 2 is 2.11 bits per heavy atom. The van der Waals surface area contributed by atoms with Crippen molar-refractivity contribution in [3.8, 4) is 0 Å². The number of halogens is 1. The van der Waals surface area contributed by atoms with Gasteiger partial charge in [0.2, 0.25) is 0 Å². The molecular formula is C14H19BrN2O. The van der Waals surface area contributed by atoms with Crippen molar-refractivity contribution in [3.05, 3.63) is 28.5 Å². The van der Waals surface area contributed by atoms with Gasteiger partial charge in [0.05, 0.1) is 5.56 Å². The van der Waals surface area contributed by atoms with Crippen LogP contribution in [0.15, 0.2) is 22.9 Å². The van der Waals surface area contributed by atoms with E-state index < -0.39 is 0 Å². The predicted octanol–water partition coefficient (Wildman–Crippen LogP) is 3.40. The highest BCUT2D eigenvalue weighted by Crippen LogP contribution is 2.29. The number of hydrogen-bond acceptors (Lipinski definition) is 2. The van der Waals surface area contributed by atoms with Gasteiger partial charge >= 0.3 is 0 Å². The first kappa shape index (κ1) is 13.5. The number of nitrogens with zero attached hydrogens (tertiary/aromatic N) is 1. The fourth-order valence-corrected chi connectivity index (χ4v) is 2.69. The van der Waals surface area contributed by atoms with Crippen molar-refractivity contribution in [2.45, 2.75) is 39.2 Å². The van der Waals surface area contributed by atoms with Gasteiger partial charge in [-0.3, -0.25) is 4.79 Å². The fraction of sp³-hybridized carbons (Fsp3) is 0.571. The molecule has 1 aromatic heterocycles. The van der Waals surface area contributed by atoms with Gasteiger partial charge in [-0.1, -0.05) is 13.8 Å². The van der Waals surface area contributed by atoms with E-state index in [1.165, 1.54) is 6.42 Å². The molecule has 1 saturated carbocycles. The van der Waals surface area contributed by atoms with E-state index in [9.17, 15) is 4.79 Å². The Hall–Kier alpha value is -0.900. The molecule has 3 nitrogen and oxygen atoms in total. The summed E-state index contributed by atoms with van der Waals surface area (Å²) in [6.07, 6.45) is 4.97. The van der Waals surface area contributed by atoms with Gasteiger partial charge in [-0.15, -0.1) is 0 Å². The van der Waals surface area contributed by atoms with E-state index in [0.29, 0.717) is 17.5 Å². The Kier molecular flexibility index (Phi) is 4.38. The summed E-state index contributed by atoms with van der Waals surface area (Å²) in [6.45, 7) is 4.56. The normalized spacial score (nSPS) is 27.8. The Morgan fingerprint density at radius 3 is 2.72 bits per heavy atom. The highest BCUT2D eigenvalue weighted by molar-refractivity contribution is 9.10. The summed E-state index contributed by atoms with van der Waals surface area (Å²) in [5.74, 6) is 1.45. The van der Waals surface area contributed by atoms with Crippen molar-refractivity contribution in [2.75, 3.05) is 0 Å². The van der Waals surface area contributed by atoms with E-state index in [1.807, 2.05) is 0 Å². The zero-order valence-electron chi connectivity index (χ0n) is 10.8. The number of carbonyl (C=O) groups excluding carboxylic acids is 1. The van der Waals surface area contributed by atoms with Crippen LogP contribution in [0.2, 0.25) is 0 Å². The third-order valence-corrected chi connectivity index (χ3v) is 4.39. The molecule has 0 aliphatic heterocycles. The maximum absolute atomic E-state index is 12.0. The van der Waals surface area contributed by atoms with Crippen LogP contribution in [0.5, 0.6) is 0 Å². The van der Waals surface area contributed by atoms with Gasteiger partial charge in [0, 0.05) is 12.2 Å². The Morgan fingerprint density at radius 1 is 1.33 bits per heavy atom. The monoisotopic (exact) mass is 310 g/mol. The molecule has 0 radical (unpaired) electrons. The lowest BCUT2D eigenvalue weighted by molar-refractivity contribution is 0.0910. The van der Waals surface area contributed by atoms with Crippen LogP contribution in [0.3, 0.4) is 0 Å². The molecule has 98 valence electrons. The minimum Gasteiger partial charge on any atom is -0.349 e. The molecule has 1 amide bonds. The summed E-state index contributed by atoms with van der Waals surface area (Å²) in [5.41, 5.74) is 0.629. The molecule has 1 heterocycles. The molecule has 3 atom stereocenters. The fourth-order valence-electron chi connectivity index (χ4n) is 2.46. The molecule has 2 rings (SSSR count). The lowest BCUT2D eigenvalue weighted by Crippen LogP contribution is -2.39. The third kappa shape index (κ3) is 3.31. The van der Waals surface area contributed by atoms with Crippen molar-refractivity contribution in [3.63, 3.8) is 0 Å². The minimum atomic E-state index is -0.0123. The van der Waals surface area contributed by atoms with Gasteiger partial charge in [0.15, 0.2) is 0 Å². The SMILES string of the molecule is CC1CCC(NC(=O)c2ccc(Br)nc2)CC1C. The number of hydrogen-bond donors (Lipinski definition) is 1. The van der Waals surface area contributed by atoms with E-state index in [2.05, 4.69) is 40.1 Å². The van der Waals surface area contributed by atoms with Crippen molar-refractivity contribution < 1.29 is 4.79 Å². The summed E-state index contributed by atoms with van der Waals surface area (Å²) < 4.78 is 0.749. The summed E-state index contributed by atoms with van der Waals surface area (Å²) >= 11 is 3.26.